The Balaban J connectivity index is 2.27. The number of hydrogen-bond acceptors (Lipinski definition) is 3. The Kier molecular flexibility index (Phi) is 4.34. The van der Waals surface area contributed by atoms with Crippen LogP contribution in [-0.2, 0) is 6.54 Å². The number of aryl methyl sites for hydroxylation is 1. The molecule has 0 radical (unpaired) electrons. The average molecular weight is 339 g/mol. The van der Waals surface area contributed by atoms with Crippen molar-refractivity contribution in [3.05, 3.63) is 67.9 Å². The van der Waals surface area contributed by atoms with Crippen LogP contribution < -0.4 is 5.32 Å². The number of hydrogen-bond donors (Lipinski definition) is 1. The van der Waals surface area contributed by atoms with Gasteiger partial charge in [-0.1, -0.05) is 24.3 Å². The minimum Gasteiger partial charge on any atom is -0.375 e. The van der Waals surface area contributed by atoms with Gasteiger partial charge in [0.25, 0.3) is 5.69 Å². The molecule has 104 valence electrons. The standard InChI is InChI=1S/C14H12BrFN2O2/c1-9-4-2-3-5-10(9)8-17-13-7-12(16)11(15)6-14(13)18(19)20/h2-7,17H,8H2,1H3. The van der Waals surface area contributed by atoms with Crippen LogP contribution in [0, 0.1) is 22.9 Å². The highest BCUT2D eigenvalue weighted by Gasteiger charge is 2.17. The Morgan fingerprint density at radius 3 is 2.70 bits per heavy atom. The Labute approximate surface area is 123 Å². The second-order valence-electron chi connectivity index (χ2n) is 4.32. The van der Waals surface area contributed by atoms with E-state index in [0.717, 1.165) is 23.3 Å². The molecule has 20 heavy (non-hydrogen) atoms. The lowest BCUT2D eigenvalue weighted by Gasteiger charge is -2.10. The first kappa shape index (κ1) is 14.5. The van der Waals surface area contributed by atoms with Gasteiger partial charge >= 0.3 is 0 Å². The topological polar surface area (TPSA) is 55.2 Å². The van der Waals surface area contributed by atoms with Crippen LogP contribution in [0.2, 0.25) is 0 Å². The highest BCUT2D eigenvalue weighted by atomic mass is 79.9. The minimum absolute atomic E-state index is 0.0747. The first-order chi connectivity index (χ1) is 9.49. The zero-order valence-electron chi connectivity index (χ0n) is 10.7. The van der Waals surface area contributed by atoms with Gasteiger partial charge in [-0.05, 0) is 34.0 Å². The fourth-order valence-electron chi connectivity index (χ4n) is 1.83. The van der Waals surface area contributed by atoms with Crippen LogP contribution in [-0.4, -0.2) is 4.92 Å². The van der Waals surface area contributed by atoms with Gasteiger partial charge in [-0.3, -0.25) is 10.1 Å². The Bertz CT molecular complexity index is 662. The van der Waals surface area contributed by atoms with E-state index in [2.05, 4.69) is 21.2 Å². The van der Waals surface area contributed by atoms with Crippen LogP contribution in [0.1, 0.15) is 11.1 Å². The van der Waals surface area contributed by atoms with Crippen molar-refractivity contribution in [3.63, 3.8) is 0 Å². The summed E-state index contributed by atoms with van der Waals surface area (Å²) in [5.41, 5.74) is 2.08. The molecule has 2 rings (SSSR count). The van der Waals surface area contributed by atoms with Gasteiger partial charge in [0.2, 0.25) is 0 Å². The normalized spacial score (nSPS) is 10.3. The number of anilines is 1. The molecule has 2 aromatic carbocycles. The third kappa shape index (κ3) is 3.14. The number of nitrogens with zero attached hydrogens (tertiary/aromatic N) is 1. The second kappa shape index (κ2) is 6.00. The molecule has 0 aliphatic carbocycles. The van der Waals surface area contributed by atoms with Gasteiger partial charge in [0, 0.05) is 18.7 Å². The Morgan fingerprint density at radius 1 is 1.35 bits per heavy atom. The van der Waals surface area contributed by atoms with E-state index in [1.807, 2.05) is 31.2 Å². The Hall–Kier alpha value is -1.95. The molecule has 6 heteroatoms. The highest BCUT2D eigenvalue weighted by molar-refractivity contribution is 9.10. The second-order valence-corrected chi connectivity index (χ2v) is 5.17. The molecule has 0 bridgehead atoms. The SMILES string of the molecule is Cc1ccccc1CNc1cc(F)c(Br)cc1[N+](=O)[O-]. The lowest BCUT2D eigenvalue weighted by molar-refractivity contribution is -0.384. The van der Waals surface area contributed by atoms with Crippen molar-refractivity contribution >= 4 is 27.3 Å². The monoisotopic (exact) mass is 338 g/mol. The quantitative estimate of drug-likeness (QED) is 0.663. The van der Waals surface area contributed by atoms with E-state index in [4.69, 9.17) is 0 Å². The number of rotatable bonds is 4. The molecule has 0 fully saturated rings. The number of nitrogens with one attached hydrogen (secondary N) is 1. The van der Waals surface area contributed by atoms with Crippen LogP contribution in [0.3, 0.4) is 0 Å². The minimum atomic E-state index is -0.539. The molecule has 0 saturated heterocycles. The van der Waals surface area contributed by atoms with Gasteiger partial charge in [-0.2, -0.15) is 0 Å². The summed E-state index contributed by atoms with van der Waals surface area (Å²) in [5, 5.41) is 13.9. The molecule has 0 spiro atoms. The van der Waals surface area contributed by atoms with Crippen LogP contribution >= 0.6 is 15.9 Å². The maximum atomic E-state index is 13.5. The number of benzene rings is 2. The molecule has 0 aliphatic rings. The fraction of sp³-hybridized carbons (Fsp3) is 0.143. The van der Waals surface area contributed by atoms with Crippen LogP contribution in [0.4, 0.5) is 15.8 Å². The lowest BCUT2D eigenvalue weighted by Crippen LogP contribution is -2.04. The van der Waals surface area contributed by atoms with Crippen molar-refractivity contribution in [2.75, 3.05) is 5.32 Å². The predicted octanol–water partition coefficient (Wildman–Crippen LogP) is 4.42. The molecule has 0 saturated carbocycles. The molecule has 0 amide bonds. The number of nitro benzene ring substituents is 1. The van der Waals surface area contributed by atoms with Crippen molar-refractivity contribution in [1.29, 1.82) is 0 Å². The molecule has 4 nitrogen and oxygen atoms in total. The summed E-state index contributed by atoms with van der Waals surface area (Å²) in [7, 11) is 0. The molecule has 1 N–H and O–H groups in total. The van der Waals surface area contributed by atoms with E-state index in [1.54, 1.807) is 0 Å². The van der Waals surface area contributed by atoms with Crippen molar-refractivity contribution in [1.82, 2.24) is 0 Å². The van der Waals surface area contributed by atoms with E-state index in [-0.39, 0.29) is 15.8 Å². The maximum Gasteiger partial charge on any atom is 0.293 e. The maximum absolute atomic E-state index is 13.5. The van der Waals surface area contributed by atoms with Crippen LogP contribution in [0.15, 0.2) is 40.9 Å². The summed E-state index contributed by atoms with van der Waals surface area (Å²) in [6.45, 7) is 2.35. The van der Waals surface area contributed by atoms with Crippen LogP contribution in [0.5, 0.6) is 0 Å². The van der Waals surface area contributed by atoms with Gasteiger partial charge in [0.1, 0.15) is 11.5 Å². The largest absolute Gasteiger partial charge is 0.375 e. The molecular weight excluding hydrogens is 327 g/mol. The number of nitro groups is 1. The summed E-state index contributed by atoms with van der Waals surface area (Å²) in [6, 6.07) is 9.97. The van der Waals surface area contributed by atoms with E-state index >= 15 is 0 Å². The molecule has 0 heterocycles. The molecular formula is C14H12BrFN2O2. The summed E-state index contributed by atoms with van der Waals surface area (Å²) in [4.78, 5) is 10.4. The van der Waals surface area contributed by atoms with Crippen molar-refractivity contribution < 1.29 is 9.31 Å². The highest BCUT2D eigenvalue weighted by Crippen LogP contribution is 2.31. The zero-order valence-corrected chi connectivity index (χ0v) is 12.3. The lowest BCUT2D eigenvalue weighted by atomic mass is 10.1. The van der Waals surface area contributed by atoms with Crippen molar-refractivity contribution in [2.24, 2.45) is 0 Å². The van der Waals surface area contributed by atoms with Gasteiger partial charge in [-0.15, -0.1) is 0 Å². The Morgan fingerprint density at radius 2 is 2.05 bits per heavy atom. The van der Waals surface area contributed by atoms with E-state index in [0.29, 0.717) is 6.54 Å². The van der Waals surface area contributed by atoms with Crippen molar-refractivity contribution in [3.8, 4) is 0 Å². The molecule has 2 aromatic rings. The first-order valence-corrected chi connectivity index (χ1v) is 6.70. The molecule has 0 unspecified atom stereocenters. The third-order valence-electron chi connectivity index (χ3n) is 2.97. The first-order valence-electron chi connectivity index (χ1n) is 5.91. The summed E-state index contributed by atoms with van der Waals surface area (Å²) in [5.74, 6) is -0.539. The van der Waals surface area contributed by atoms with Gasteiger partial charge in [0.05, 0.1) is 9.40 Å². The fourth-order valence-corrected chi connectivity index (χ4v) is 2.16. The summed E-state index contributed by atoms with van der Waals surface area (Å²) < 4.78 is 13.6. The van der Waals surface area contributed by atoms with E-state index in [9.17, 15) is 14.5 Å². The van der Waals surface area contributed by atoms with Crippen molar-refractivity contribution in [2.45, 2.75) is 13.5 Å². The zero-order chi connectivity index (χ0) is 14.7. The van der Waals surface area contributed by atoms with Crippen LogP contribution in [0.25, 0.3) is 0 Å². The van der Waals surface area contributed by atoms with E-state index < -0.39 is 10.7 Å². The predicted molar refractivity (Wildman–Crippen MR) is 79.3 cm³/mol. The molecule has 0 aliphatic heterocycles. The average Bonchev–Trinajstić information content (AvgIpc) is 2.41. The number of halogens is 2. The molecule has 0 atom stereocenters. The summed E-state index contributed by atoms with van der Waals surface area (Å²) >= 11 is 2.95. The third-order valence-corrected chi connectivity index (χ3v) is 3.57. The molecule has 0 aromatic heterocycles. The smallest absolute Gasteiger partial charge is 0.293 e. The van der Waals surface area contributed by atoms with Gasteiger partial charge in [0.15, 0.2) is 0 Å². The summed E-state index contributed by atoms with van der Waals surface area (Å²) in [6.07, 6.45) is 0. The van der Waals surface area contributed by atoms with Gasteiger partial charge in [-0.25, -0.2) is 4.39 Å². The van der Waals surface area contributed by atoms with Gasteiger partial charge < -0.3 is 5.32 Å². The van der Waals surface area contributed by atoms with E-state index in [1.165, 1.54) is 0 Å².